The average Bonchev–Trinajstić information content (AvgIpc) is 3.52. The highest BCUT2D eigenvalue weighted by Crippen LogP contribution is 2.27. The standard InChI is InChI=1S/C26H20N4O/c1-15(31)23-11-20-10-16-6-7-17(27-16)12-24-21-4-2-3-5-22(21)25(30-24)13-18-8-9-19(28-18)14-26(23)29-20/h2-15,29-31H,1H3. The van der Waals surface area contributed by atoms with E-state index in [1.807, 2.05) is 54.6 Å². The first-order valence-electron chi connectivity index (χ1n) is 10.3. The Kier molecular flexibility index (Phi) is 3.91. The van der Waals surface area contributed by atoms with Crippen molar-refractivity contribution >= 4 is 57.1 Å². The zero-order valence-corrected chi connectivity index (χ0v) is 16.9. The maximum absolute atomic E-state index is 10.3. The minimum Gasteiger partial charge on any atom is -0.389 e. The van der Waals surface area contributed by atoms with Crippen LogP contribution < -0.4 is 0 Å². The highest BCUT2D eigenvalue weighted by Gasteiger charge is 2.09. The molecule has 0 amide bonds. The van der Waals surface area contributed by atoms with Crippen LogP contribution in [0.1, 0.15) is 41.4 Å². The maximum atomic E-state index is 10.3. The number of nitrogens with one attached hydrogen (secondary N) is 2. The second kappa shape index (κ2) is 6.79. The van der Waals surface area contributed by atoms with Gasteiger partial charge < -0.3 is 15.1 Å². The molecule has 0 fully saturated rings. The number of hydrogen-bond acceptors (Lipinski definition) is 3. The molecule has 5 nitrogen and oxygen atoms in total. The Hall–Kier alpha value is -3.96. The lowest BCUT2D eigenvalue weighted by Crippen LogP contribution is -1.88. The fourth-order valence-corrected chi connectivity index (χ4v) is 4.23. The van der Waals surface area contributed by atoms with E-state index in [1.165, 1.54) is 0 Å². The van der Waals surface area contributed by atoms with Crippen molar-refractivity contribution in [3.05, 3.63) is 82.9 Å². The molecule has 8 bridgehead atoms. The average molecular weight is 404 g/mol. The molecule has 4 aromatic rings. The van der Waals surface area contributed by atoms with Gasteiger partial charge in [0, 0.05) is 38.4 Å². The molecular weight excluding hydrogens is 384 g/mol. The van der Waals surface area contributed by atoms with E-state index in [0.29, 0.717) is 0 Å². The van der Waals surface area contributed by atoms with Gasteiger partial charge in [-0.1, -0.05) is 24.3 Å². The van der Waals surface area contributed by atoms with Gasteiger partial charge in [-0.15, -0.1) is 0 Å². The van der Waals surface area contributed by atoms with Crippen LogP contribution in [0, 0.1) is 0 Å². The smallest absolute Gasteiger partial charge is 0.0782 e. The molecule has 3 aromatic heterocycles. The van der Waals surface area contributed by atoms with Gasteiger partial charge in [0.05, 0.1) is 28.9 Å². The van der Waals surface area contributed by atoms with E-state index in [4.69, 9.17) is 9.97 Å². The summed E-state index contributed by atoms with van der Waals surface area (Å²) in [5.41, 5.74) is 8.09. The molecule has 150 valence electrons. The van der Waals surface area contributed by atoms with E-state index < -0.39 is 6.10 Å². The normalized spacial score (nSPS) is 13.7. The summed E-state index contributed by atoms with van der Waals surface area (Å²) in [6, 6.07) is 18.4. The Labute approximate surface area is 178 Å². The van der Waals surface area contributed by atoms with Gasteiger partial charge in [-0.3, -0.25) is 0 Å². The van der Waals surface area contributed by atoms with Crippen molar-refractivity contribution < 1.29 is 5.11 Å². The third kappa shape index (κ3) is 3.16. The molecule has 0 aliphatic carbocycles. The lowest BCUT2D eigenvalue weighted by atomic mass is 10.1. The Bertz CT molecular complexity index is 1570. The van der Waals surface area contributed by atoms with Gasteiger partial charge >= 0.3 is 0 Å². The first-order valence-corrected chi connectivity index (χ1v) is 10.3. The first-order chi connectivity index (χ1) is 15.1. The lowest BCUT2D eigenvalue weighted by molar-refractivity contribution is 0.201. The number of aromatic amines is 2. The van der Waals surface area contributed by atoms with Crippen molar-refractivity contribution in [3.8, 4) is 0 Å². The molecule has 0 spiro atoms. The summed E-state index contributed by atoms with van der Waals surface area (Å²) in [7, 11) is 0. The highest BCUT2D eigenvalue weighted by molar-refractivity contribution is 6.07. The van der Waals surface area contributed by atoms with Crippen LogP contribution in [0.4, 0.5) is 0 Å². The molecule has 2 aliphatic heterocycles. The van der Waals surface area contributed by atoms with E-state index in [1.54, 1.807) is 6.92 Å². The van der Waals surface area contributed by atoms with Crippen LogP contribution >= 0.6 is 0 Å². The number of rotatable bonds is 1. The highest BCUT2D eigenvalue weighted by atomic mass is 16.3. The van der Waals surface area contributed by atoms with Crippen molar-refractivity contribution in [3.63, 3.8) is 0 Å². The lowest BCUT2D eigenvalue weighted by Gasteiger charge is -1.99. The Balaban J connectivity index is 1.75. The molecule has 31 heavy (non-hydrogen) atoms. The monoisotopic (exact) mass is 404 g/mol. The molecule has 1 atom stereocenters. The predicted molar refractivity (Wildman–Crippen MR) is 127 cm³/mol. The second-order valence-corrected chi connectivity index (χ2v) is 7.93. The largest absolute Gasteiger partial charge is 0.389 e. The quantitative estimate of drug-likeness (QED) is 0.321. The molecule has 0 saturated carbocycles. The van der Waals surface area contributed by atoms with Gasteiger partial charge in [0.1, 0.15) is 0 Å². The zero-order valence-electron chi connectivity index (χ0n) is 16.9. The number of fused-ring (bicyclic) bond motifs is 11. The molecular formula is C26H20N4O. The van der Waals surface area contributed by atoms with Crippen LogP contribution in [0.5, 0.6) is 0 Å². The van der Waals surface area contributed by atoms with Crippen LogP contribution in [-0.4, -0.2) is 25.0 Å². The minimum atomic E-state index is -0.590. The van der Waals surface area contributed by atoms with Crippen LogP contribution in [0.3, 0.4) is 0 Å². The second-order valence-electron chi connectivity index (χ2n) is 7.93. The van der Waals surface area contributed by atoms with Gasteiger partial charge in [-0.05, 0) is 61.6 Å². The van der Waals surface area contributed by atoms with Crippen molar-refractivity contribution in [2.45, 2.75) is 13.0 Å². The van der Waals surface area contributed by atoms with Crippen molar-refractivity contribution in [2.75, 3.05) is 0 Å². The topological polar surface area (TPSA) is 77.6 Å². The molecule has 6 rings (SSSR count). The third-order valence-corrected chi connectivity index (χ3v) is 5.67. The molecule has 0 saturated heterocycles. The Morgan fingerprint density at radius 1 is 0.677 bits per heavy atom. The number of H-pyrrole nitrogens is 2. The van der Waals surface area contributed by atoms with Crippen molar-refractivity contribution in [1.29, 1.82) is 0 Å². The molecule has 5 heteroatoms. The number of hydrogen-bond donors (Lipinski definition) is 3. The summed E-state index contributed by atoms with van der Waals surface area (Å²) in [5, 5.41) is 12.6. The van der Waals surface area contributed by atoms with Gasteiger partial charge in [0.15, 0.2) is 0 Å². The fourth-order valence-electron chi connectivity index (χ4n) is 4.23. The van der Waals surface area contributed by atoms with E-state index in [2.05, 4.69) is 34.2 Å². The zero-order chi connectivity index (χ0) is 20.9. The number of nitrogens with zero attached hydrogens (tertiary/aromatic N) is 2. The summed E-state index contributed by atoms with van der Waals surface area (Å²) in [6.45, 7) is 1.77. The number of benzene rings is 1. The fraction of sp³-hybridized carbons (Fsp3) is 0.0769. The Morgan fingerprint density at radius 2 is 1.19 bits per heavy atom. The van der Waals surface area contributed by atoms with E-state index in [9.17, 15) is 5.11 Å². The maximum Gasteiger partial charge on any atom is 0.0782 e. The summed E-state index contributed by atoms with van der Waals surface area (Å²) in [6.07, 6.45) is 7.42. The van der Waals surface area contributed by atoms with Gasteiger partial charge in [-0.2, -0.15) is 0 Å². The van der Waals surface area contributed by atoms with Crippen molar-refractivity contribution in [2.24, 2.45) is 0 Å². The molecule has 1 unspecified atom stereocenters. The number of aromatic nitrogens is 4. The number of aliphatic hydroxyl groups excluding tert-OH is 1. The Morgan fingerprint density at radius 3 is 1.74 bits per heavy atom. The first kappa shape index (κ1) is 17.9. The van der Waals surface area contributed by atoms with Crippen LogP contribution in [0.2, 0.25) is 0 Å². The van der Waals surface area contributed by atoms with Gasteiger partial charge in [-0.25, -0.2) is 9.97 Å². The number of aliphatic hydroxyl groups is 1. The minimum absolute atomic E-state index is 0.590. The summed E-state index contributed by atoms with van der Waals surface area (Å²) >= 11 is 0. The summed E-state index contributed by atoms with van der Waals surface area (Å²) in [5.74, 6) is 0. The van der Waals surface area contributed by atoms with Crippen molar-refractivity contribution in [1.82, 2.24) is 19.9 Å². The molecule has 3 N–H and O–H groups in total. The van der Waals surface area contributed by atoms with E-state index >= 15 is 0 Å². The summed E-state index contributed by atoms with van der Waals surface area (Å²) < 4.78 is 0. The molecule has 2 aliphatic rings. The van der Waals surface area contributed by atoms with Crippen LogP contribution in [0.15, 0.2) is 54.6 Å². The van der Waals surface area contributed by atoms with Crippen LogP contribution in [-0.2, 0) is 0 Å². The molecule has 0 radical (unpaired) electrons. The van der Waals surface area contributed by atoms with E-state index in [0.717, 1.165) is 61.2 Å². The molecule has 1 aromatic carbocycles. The van der Waals surface area contributed by atoms with Gasteiger partial charge in [0.25, 0.3) is 0 Å². The summed E-state index contributed by atoms with van der Waals surface area (Å²) in [4.78, 5) is 16.4. The SMILES string of the molecule is CC(O)c1cc2cc3nc(cc4[nH]c(cc5nc(cc1[nH]2)C=C5)c1ccccc41)C=C3. The van der Waals surface area contributed by atoms with E-state index in [-0.39, 0.29) is 0 Å². The van der Waals surface area contributed by atoms with Gasteiger partial charge in [0.2, 0.25) is 0 Å². The third-order valence-electron chi connectivity index (χ3n) is 5.67. The van der Waals surface area contributed by atoms with Crippen LogP contribution in [0.25, 0.3) is 57.1 Å². The molecule has 5 heterocycles. The predicted octanol–water partition coefficient (Wildman–Crippen LogP) is 5.86.